The van der Waals surface area contributed by atoms with Crippen molar-refractivity contribution in [3.63, 3.8) is 0 Å². The van der Waals surface area contributed by atoms with Gasteiger partial charge in [0.15, 0.2) is 0 Å². The second kappa shape index (κ2) is 5.51. The van der Waals surface area contributed by atoms with Crippen molar-refractivity contribution in [2.75, 3.05) is 12.8 Å². The molecule has 2 aromatic rings. The van der Waals surface area contributed by atoms with Crippen molar-refractivity contribution in [1.82, 2.24) is 14.9 Å². The number of aromatic nitrogens is 2. The molecule has 2 rings (SSSR count). The smallest absolute Gasteiger partial charge is 0.240 e. The van der Waals surface area contributed by atoms with Crippen LogP contribution < -0.4 is 15.2 Å². The predicted octanol–water partition coefficient (Wildman–Crippen LogP) is 0.607. The van der Waals surface area contributed by atoms with Crippen LogP contribution >= 0.6 is 11.3 Å². The summed E-state index contributed by atoms with van der Waals surface area (Å²) in [5, 5.41) is 8.16. The molecule has 0 amide bonds. The lowest BCUT2D eigenvalue weighted by Gasteiger charge is -2.05. The summed E-state index contributed by atoms with van der Waals surface area (Å²) in [6.45, 7) is 0.0588. The van der Waals surface area contributed by atoms with Gasteiger partial charge in [-0.25, -0.2) is 13.1 Å². The van der Waals surface area contributed by atoms with E-state index in [1.807, 2.05) is 0 Å². The van der Waals surface area contributed by atoms with E-state index in [2.05, 4.69) is 14.9 Å². The number of nitrogen functional groups attached to an aromatic ring is 1. The molecule has 102 valence electrons. The number of rotatable bonds is 5. The Morgan fingerprint density at radius 2 is 2.00 bits per heavy atom. The molecule has 0 unspecified atom stereocenters. The van der Waals surface area contributed by atoms with E-state index in [0.29, 0.717) is 15.9 Å². The normalized spacial score (nSPS) is 11.4. The average Bonchev–Trinajstić information content (AvgIpc) is 2.82. The second-order valence-electron chi connectivity index (χ2n) is 3.53. The number of hydrogen-bond donors (Lipinski definition) is 2. The Kier molecular flexibility index (Phi) is 3.98. The third-order valence-corrected chi connectivity index (χ3v) is 4.44. The molecule has 0 saturated carbocycles. The van der Waals surface area contributed by atoms with Crippen molar-refractivity contribution in [3.05, 3.63) is 29.3 Å². The number of methoxy groups -OCH3 is 1. The van der Waals surface area contributed by atoms with Crippen LogP contribution in [0.2, 0.25) is 0 Å². The Balaban J connectivity index is 2.09. The quantitative estimate of drug-likeness (QED) is 0.837. The highest BCUT2D eigenvalue weighted by Gasteiger charge is 2.14. The van der Waals surface area contributed by atoms with E-state index in [0.717, 1.165) is 11.3 Å². The number of nitrogens with two attached hydrogens (primary N) is 1. The van der Waals surface area contributed by atoms with Crippen molar-refractivity contribution in [1.29, 1.82) is 0 Å². The summed E-state index contributed by atoms with van der Waals surface area (Å²) in [5.74, 6) is 0.593. The minimum Gasteiger partial charge on any atom is -0.497 e. The first-order chi connectivity index (χ1) is 9.01. The van der Waals surface area contributed by atoms with Gasteiger partial charge in [-0.2, -0.15) is 0 Å². The fourth-order valence-electron chi connectivity index (χ4n) is 1.33. The van der Waals surface area contributed by atoms with Crippen LogP contribution in [0.15, 0.2) is 29.2 Å². The molecule has 0 spiro atoms. The van der Waals surface area contributed by atoms with Gasteiger partial charge in [-0.15, -0.1) is 10.2 Å². The van der Waals surface area contributed by atoms with Gasteiger partial charge < -0.3 is 10.5 Å². The van der Waals surface area contributed by atoms with E-state index >= 15 is 0 Å². The highest BCUT2D eigenvalue weighted by molar-refractivity contribution is 7.89. The fourth-order valence-corrected chi connectivity index (χ4v) is 2.96. The molecule has 0 saturated heterocycles. The van der Waals surface area contributed by atoms with Crippen LogP contribution in [0.4, 0.5) is 5.13 Å². The number of nitrogens with zero attached hydrogens (tertiary/aromatic N) is 2. The van der Waals surface area contributed by atoms with E-state index in [4.69, 9.17) is 10.5 Å². The molecule has 1 aromatic heterocycles. The number of ether oxygens (including phenoxy) is 1. The third kappa shape index (κ3) is 3.40. The van der Waals surface area contributed by atoms with Gasteiger partial charge >= 0.3 is 0 Å². The van der Waals surface area contributed by atoms with Crippen LogP contribution in [0.25, 0.3) is 0 Å². The van der Waals surface area contributed by atoms with E-state index in [1.165, 1.54) is 19.2 Å². The molecule has 0 atom stereocenters. The van der Waals surface area contributed by atoms with Gasteiger partial charge in [0.2, 0.25) is 15.2 Å². The first kappa shape index (κ1) is 13.7. The van der Waals surface area contributed by atoms with Crippen molar-refractivity contribution in [2.45, 2.75) is 11.4 Å². The number of hydrogen-bond acceptors (Lipinski definition) is 7. The van der Waals surface area contributed by atoms with E-state index in [1.54, 1.807) is 12.1 Å². The number of benzene rings is 1. The SMILES string of the molecule is COc1ccc(S(=O)(=O)NCc2nnc(N)s2)cc1. The lowest BCUT2D eigenvalue weighted by atomic mass is 10.3. The molecule has 0 aliphatic rings. The van der Waals surface area contributed by atoms with E-state index in [-0.39, 0.29) is 11.4 Å². The van der Waals surface area contributed by atoms with Crippen molar-refractivity contribution in [3.8, 4) is 5.75 Å². The van der Waals surface area contributed by atoms with Gasteiger partial charge in [-0.05, 0) is 24.3 Å². The predicted molar refractivity (Wildman–Crippen MR) is 71.3 cm³/mol. The van der Waals surface area contributed by atoms with Gasteiger partial charge in [0.25, 0.3) is 0 Å². The molecule has 0 bridgehead atoms. The summed E-state index contributed by atoms with van der Waals surface area (Å²) in [4.78, 5) is 0.158. The van der Waals surface area contributed by atoms with Crippen LogP contribution in [0.1, 0.15) is 5.01 Å². The maximum absolute atomic E-state index is 12.0. The summed E-state index contributed by atoms with van der Waals surface area (Å²) in [5.41, 5.74) is 5.41. The van der Waals surface area contributed by atoms with Crippen molar-refractivity contribution < 1.29 is 13.2 Å². The highest BCUT2D eigenvalue weighted by atomic mass is 32.2. The minimum atomic E-state index is -3.58. The van der Waals surface area contributed by atoms with Gasteiger partial charge in [0.05, 0.1) is 18.6 Å². The van der Waals surface area contributed by atoms with Crippen LogP contribution in [0.5, 0.6) is 5.75 Å². The highest BCUT2D eigenvalue weighted by Crippen LogP contribution is 2.16. The molecule has 3 N–H and O–H groups in total. The second-order valence-corrected chi connectivity index (χ2v) is 6.39. The molecule has 9 heteroatoms. The summed E-state index contributed by atoms with van der Waals surface area (Å²) in [6, 6.07) is 6.10. The Bertz CT molecular complexity index is 652. The molecule has 0 aliphatic heterocycles. The minimum absolute atomic E-state index is 0.0588. The van der Waals surface area contributed by atoms with Crippen LogP contribution in [0, 0.1) is 0 Å². The Labute approximate surface area is 114 Å². The number of nitrogens with one attached hydrogen (secondary N) is 1. The summed E-state index contributed by atoms with van der Waals surface area (Å²) < 4.78 is 31.4. The molecular formula is C10H12N4O3S2. The zero-order valence-corrected chi connectivity index (χ0v) is 11.7. The van der Waals surface area contributed by atoms with Crippen LogP contribution in [-0.4, -0.2) is 25.7 Å². The maximum atomic E-state index is 12.0. The molecule has 19 heavy (non-hydrogen) atoms. The van der Waals surface area contributed by atoms with Crippen LogP contribution in [0.3, 0.4) is 0 Å². The van der Waals surface area contributed by atoms with Gasteiger partial charge in [-0.3, -0.25) is 0 Å². The number of anilines is 1. The summed E-state index contributed by atoms with van der Waals surface area (Å²) in [7, 11) is -2.07. The third-order valence-electron chi connectivity index (χ3n) is 2.27. The number of sulfonamides is 1. The standard InChI is InChI=1S/C10H12N4O3S2/c1-17-7-2-4-8(5-3-7)19(15,16)12-6-9-13-14-10(11)18-9/h2-5,12H,6H2,1H3,(H2,11,14). The van der Waals surface area contributed by atoms with Crippen molar-refractivity contribution in [2.24, 2.45) is 0 Å². The zero-order chi connectivity index (χ0) is 13.9. The van der Waals surface area contributed by atoms with Crippen molar-refractivity contribution >= 4 is 26.5 Å². The Morgan fingerprint density at radius 3 is 2.53 bits per heavy atom. The molecule has 1 heterocycles. The molecule has 0 aliphatic carbocycles. The van der Waals surface area contributed by atoms with Gasteiger partial charge in [0.1, 0.15) is 10.8 Å². The molecule has 0 fully saturated rings. The monoisotopic (exact) mass is 300 g/mol. The topological polar surface area (TPSA) is 107 Å². The lowest BCUT2D eigenvalue weighted by Crippen LogP contribution is -2.23. The van der Waals surface area contributed by atoms with E-state index in [9.17, 15) is 8.42 Å². The van der Waals surface area contributed by atoms with E-state index < -0.39 is 10.0 Å². The Hall–Kier alpha value is -1.71. The molecule has 7 nitrogen and oxygen atoms in total. The summed E-state index contributed by atoms with van der Waals surface area (Å²) in [6.07, 6.45) is 0. The van der Waals surface area contributed by atoms with Gasteiger partial charge in [-0.1, -0.05) is 11.3 Å². The lowest BCUT2D eigenvalue weighted by molar-refractivity contribution is 0.414. The van der Waals surface area contributed by atoms with Crippen LogP contribution in [-0.2, 0) is 16.6 Å². The fraction of sp³-hybridized carbons (Fsp3) is 0.200. The molecular weight excluding hydrogens is 288 g/mol. The Morgan fingerprint density at radius 1 is 1.32 bits per heavy atom. The zero-order valence-electron chi connectivity index (χ0n) is 10.0. The largest absolute Gasteiger partial charge is 0.497 e. The molecule has 0 radical (unpaired) electrons. The first-order valence-corrected chi connectivity index (χ1v) is 7.53. The maximum Gasteiger partial charge on any atom is 0.240 e. The van der Waals surface area contributed by atoms with Gasteiger partial charge in [0, 0.05) is 0 Å². The first-order valence-electron chi connectivity index (χ1n) is 5.23. The summed E-state index contributed by atoms with van der Waals surface area (Å²) >= 11 is 1.14. The molecule has 1 aromatic carbocycles. The average molecular weight is 300 g/mol.